The lowest BCUT2D eigenvalue weighted by molar-refractivity contribution is -0.158. The zero-order valence-corrected chi connectivity index (χ0v) is 32.5. The van der Waals surface area contributed by atoms with Crippen molar-refractivity contribution in [3.63, 3.8) is 0 Å². The third kappa shape index (κ3) is 8.36. The Bertz CT molecular complexity index is 1840. The number of allylic oxidation sites excluding steroid dienone is 3. The Hall–Kier alpha value is -4.63. The summed E-state index contributed by atoms with van der Waals surface area (Å²) in [5.74, 6) is -1.84. The van der Waals surface area contributed by atoms with Crippen molar-refractivity contribution in [2.45, 2.75) is 88.7 Å². The minimum Gasteiger partial charge on any atom is -0.495 e. The molecule has 0 aromatic heterocycles. The van der Waals surface area contributed by atoms with E-state index in [1.165, 1.54) is 38.0 Å². The highest BCUT2D eigenvalue weighted by Gasteiger charge is 2.64. The predicted octanol–water partition coefficient (Wildman–Crippen LogP) is 4.41. The number of amides is 3. The Morgan fingerprint density at radius 3 is 2.52 bits per heavy atom. The van der Waals surface area contributed by atoms with Gasteiger partial charge in [-0.05, 0) is 69.2 Å². The van der Waals surface area contributed by atoms with E-state index in [0.717, 1.165) is 11.1 Å². The second-order valence-electron chi connectivity index (χ2n) is 14.4. The van der Waals surface area contributed by atoms with Crippen LogP contribution >= 0.6 is 11.6 Å². The molecule has 2 unspecified atom stereocenters. The van der Waals surface area contributed by atoms with E-state index in [1.807, 2.05) is 13.0 Å². The number of alkyl carbamates (subject to hydrolysis) is 1. The van der Waals surface area contributed by atoms with Crippen molar-refractivity contribution in [2.75, 3.05) is 38.9 Å². The quantitative estimate of drug-likeness (QED) is 0.215. The first-order chi connectivity index (χ1) is 25.4. The summed E-state index contributed by atoms with van der Waals surface area (Å²) in [4.78, 5) is 56.8. The maximum atomic E-state index is 14.2. The highest BCUT2D eigenvalue weighted by atomic mass is 35.5. The average Bonchev–Trinajstić information content (AvgIpc) is 3.83. The summed E-state index contributed by atoms with van der Waals surface area (Å²) in [5, 5.41) is 14.5. The van der Waals surface area contributed by atoms with E-state index in [1.54, 1.807) is 69.4 Å². The van der Waals surface area contributed by atoms with E-state index >= 15 is 0 Å². The van der Waals surface area contributed by atoms with Gasteiger partial charge in [-0.1, -0.05) is 42.3 Å². The van der Waals surface area contributed by atoms with E-state index < -0.39 is 71.6 Å². The smallest absolute Gasteiger partial charge is 0.409 e. The number of fused-ring (bicyclic) bond motifs is 5. The van der Waals surface area contributed by atoms with Gasteiger partial charge in [-0.2, -0.15) is 0 Å². The Labute approximate surface area is 320 Å². The standard InChI is InChI=1S/C39H49ClN4O10/c1-21-10-9-11-30(51-8)39(49)20-29(52-37(48)42-39)22(2)34-38(4,54-34)31(19-32(45)44(6)27-17-24(16-21)18-28(50-7)33(27)40)53-36(47)23(3)43(5)35(46)25-12-14-26(41)15-13-25/h9-15,17-18,22-23,29-31,34,49H,16,19-20,41H2,1-8H3,(H,42,48)/b11-9+,21-10+/t22-,23+,29?,30-,31+,34?,38+,39+/m1/s1. The number of halogens is 1. The minimum absolute atomic E-state index is 0.0628. The van der Waals surface area contributed by atoms with Crippen molar-refractivity contribution in [1.82, 2.24) is 10.2 Å². The first-order valence-electron chi connectivity index (χ1n) is 17.6. The minimum atomic E-state index is -1.84. The molecule has 4 bridgehead atoms. The van der Waals surface area contributed by atoms with Crippen LogP contribution in [-0.2, 0) is 35.0 Å². The molecule has 8 atom stereocenters. The highest BCUT2D eigenvalue weighted by molar-refractivity contribution is 6.35. The molecule has 2 saturated heterocycles. The number of anilines is 2. The number of hydrogen-bond acceptors (Lipinski definition) is 11. The van der Waals surface area contributed by atoms with Gasteiger partial charge in [-0.25, -0.2) is 9.59 Å². The van der Waals surface area contributed by atoms with Gasteiger partial charge in [-0.15, -0.1) is 0 Å². The van der Waals surface area contributed by atoms with Gasteiger partial charge in [0.15, 0.2) is 5.72 Å². The lowest BCUT2D eigenvalue weighted by atomic mass is 9.83. The monoisotopic (exact) mass is 768 g/mol. The molecule has 292 valence electrons. The zero-order valence-electron chi connectivity index (χ0n) is 31.8. The van der Waals surface area contributed by atoms with Crippen molar-refractivity contribution in [1.29, 1.82) is 0 Å². The molecule has 14 nitrogen and oxygen atoms in total. The molecule has 5 rings (SSSR count). The SMILES string of the molecule is COc1cc2cc(c1Cl)N(C)C(=O)C[C@H](OC(=O)[C@H](C)N(C)C(=O)c1ccc(N)cc1)[C@]1(C)OC1[C@H](C)C1C[C@@](O)(NC(=O)O1)[C@H](OC)/C=C/C=C(\C)C2. The van der Waals surface area contributed by atoms with E-state index in [4.69, 9.17) is 41.0 Å². The lowest BCUT2D eigenvalue weighted by Crippen LogP contribution is -2.63. The molecule has 3 aliphatic rings. The fourth-order valence-corrected chi connectivity index (χ4v) is 7.32. The summed E-state index contributed by atoms with van der Waals surface area (Å²) in [6.45, 7) is 6.93. The van der Waals surface area contributed by atoms with Gasteiger partial charge in [0.25, 0.3) is 5.91 Å². The third-order valence-electron chi connectivity index (χ3n) is 10.6. The number of nitrogens with two attached hydrogens (primary N) is 1. The first-order valence-corrected chi connectivity index (χ1v) is 18.0. The van der Waals surface area contributed by atoms with E-state index in [-0.39, 0.29) is 17.9 Å². The number of nitrogen functional groups attached to an aromatic ring is 1. The average molecular weight is 769 g/mol. The number of likely N-dealkylation sites (N-methyl/N-ethyl adjacent to an activating group) is 1. The van der Waals surface area contributed by atoms with Gasteiger partial charge in [0.2, 0.25) is 5.91 Å². The summed E-state index contributed by atoms with van der Waals surface area (Å²) in [6, 6.07) is 8.80. The third-order valence-corrected chi connectivity index (χ3v) is 11.0. The molecule has 4 N–H and O–H groups in total. The number of carbonyl (C=O) groups excluding carboxylic acids is 4. The van der Waals surface area contributed by atoms with Gasteiger partial charge in [0.05, 0.1) is 25.3 Å². The number of benzene rings is 2. The number of rotatable bonds is 6. The number of ether oxygens (including phenoxy) is 5. The fourth-order valence-electron chi connectivity index (χ4n) is 7.01. The van der Waals surface area contributed by atoms with Crippen molar-refractivity contribution in [3.05, 3.63) is 76.3 Å². The van der Waals surface area contributed by atoms with Crippen LogP contribution in [0.3, 0.4) is 0 Å². The number of aliphatic hydroxyl groups is 1. The normalized spacial score (nSPS) is 30.7. The number of nitrogens with zero attached hydrogens (tertiary/aromatic N) is 2. The van der Waals surface area contributed by atoms with Gasteiger partial charge in [0, 0.05) is 44.8 Å². The van der Waals surface area contributed by atoms with Crippen LogP contribution in [0.15, 0.2) is 60.2 Å². The van der Waals surface area contributed by atoms with Crippen LogP contribution in [0.4, 0.5) is 16.2 Å². The van der Waals surface area contributed by atoms with E-state index in [0.29, 0.717) is 29.1 Å². The highest BCUT2D eigenvalue weighted by Crippen LogP contribution is 2.49. The van der Waals surface area contributed by atoms with Crippen molar-refractivity contribution < 1.29 is 48.0 Å². The molecule has 0 aliphatic carbocycles. The Morgan fingerprint density at radius 2 is 1.87 bits per heavy atom. The number of carbonyl (C=O) groups is 4. The summed E-state index contributed by atoms with van der Waals surface area (Å²) in [7, 11) is 5.95. The van der Waals surface area contributed by atoms with Crippen LogP contribution in [0.25, 0.3) is 0 Å². The molecule has 3 amide bonds. The predicted molar refractivity (Wildman–Crippen MR) is 201 cm³/mol. The maximum absolute atomic E-state index is 14.2. The van der Waals surface area contributed by atoms with Crippen molar-refractivity contribution in [3.8, 4) is 5.75 Å². The maximum Gasteiger partial charge on any atom is 0.409 e. The molecular weight excluding hydrogens is 720 g/mol. The van der Waals surface area contributed by atoms with Gasteiger partial charge in [-0.3, -0.25) is 14.9 Å². The van der Waals surface area contributed by atoms with Gasteiger partial charge >= 0.3 is 12.1 Å². The number of nitrogens with one attached hydrogen (secondary N) is 1. The molecule has 2 aromatic carbocycles. The van der Waals surface area contributed by atoms with Crippen LogP contribution in [0, 0.1) is 5.92 Å². The zero-order chi connectivity index (χ0) is 39.7. The van der Waals surface area contributed by atoms with Crippen LogP contribution < -0.4 is 20.7 Å². The van der Waals surface area contributed by atoms with E-state index in [9.17, 15) is 24.3 Å². The fraction of sp³-hybridized carbons (Fsp3) is 0.487. The Balaban J connectivity index is 1.52. The van der Waals surface area contributed by atoms with Crippen LogP contribution in [0.1, 0.15) is 56.5 Å². The number of methoxy groups -OCH3 is 2. The summed E-state index contributed by atoms with van der Waals surface area (Å²) < 4.78 is 29.2. The topological polar surface area (TPSA) is 182 Å². The van der Waals surface area contributed by atoms with Gasteiger partial charge in [0.1, 0.15) is 40.7 Å². The van der Waals surface area contributed by atoms with Crippen molar-refractivity contribution >= 4 is 46.9 Å². The molecule has 0 spiro atoms. The second kappa shape index (κ2) is 16.0. The first kappa shape index (κ1) is 40.6. The van der Waals surface area contributed by atoms with Crippen LogP contribution in [0.5, 0.6) is 5.75 Å². The number of hydrogen-bond donors (Lipinski definition) is 3. The molecule has 0 radical (unpaired) electrons. The molecule has 2 aromatic rings. The Morgan fingerprint density at radius 1 is 1.19 bits per heavy atom. The summed E-state index contributed by atoms with van der Waals surface area (Å²) in [6.07, 6.45) is 0.785. The summed E-state index contributed by atoms with van der Waals surface area (Å²) >= 11 is 6.76. The van der Waals surface area contributed by atoms with Crippen molar-refractivity contribution in [2.24, 2.45) is 5.92 Å². The lowest BCUT2D eigenvalue weighted by Gasteiger charge is -2.42. The number of epoxide rings is 1. The summed E-state index contributed by atoms with van der Waals surface area (Å²) in [5.41, 5.74) is 5.60. The molecule has 3 heterocycles. The van der Waals surface area contributed by atoms with Crippen LogP contribution in [0.2, 0.25) is 5.02 Å². The molecule has 15 heteroatoms. The van der Waals surface area contributed by atoms with Crippen LogP contribution in [-0.4, -0.2) is 104 Å². The molecule has 54 heavy (non-hydrogen) atoms. The second-order valence-corrected chi connectivity index (χ2v) is 14.8. The largest absolute Gasteiger partial charge is 0.495 e. The molecule has 3 aliphatic heterocycles. The molecular formula is C39H49ClN4O10. The Kier molecular flexibility index (Phi) is 12.0. The van der Waals surface area contributed by atoms with Gasteiger partial charge < -0.3 is 44.3 Å². The van der Waals surface area contributed by atoms with E-state index in [2.05, 4.69) is 5.32 Å². The molecule has 0 saturated carbocycles. The number of esters is 1. The molecule has 2 fully saturated rings.